The fraction of sp³-hybridized carbons (Fsp3) is 0.348. The summed E-state index contributed by atoms with van der Waals surface area (Å²) in [7, 11) is 1.33. The average Bonchev–Trinajstić information content (AvgIpc) is 2.78. The molecule has 0 radical (unpaired) electrons. The lowest BCUT2D eigenvalue weighted by molar-refractivity contribution is -0.134. The molecule has 1 aliphatic heterocycles. The topological polar surface area (TPSA) is 75.7 Å². The zero-order valence-electron chi connectivity index (χ0n) is 16.6. The minimum atomic E-state index is -0.410. The Morgan fingerprint density at radius 1 is 1.00 bits per heavy atom. The van der Waals surface area contributed by atoms with Gasteiger partial charge < -0.3 is 15.0 Å². The molecule has 6 nitrogen and oxygen atoms in total. The van der Waals surface area contributed by atoms with E-state index in [1.54, 1.807) is 24.3 Å². The zero-order valence-corrected chi connectivity index (χ0v) is 16.6. The molecule has 29 heavy (non-hydrogen) atoms. The van der Waals surface area contributed by atoms with Gasteiger partial charge in [-0.05, 0) is 49.1 Å². The number of carbonyl (C=O) groups excluding carboxylic acids is 3. The highest BCUT2D eigenvalue weighted by Crippen LogP contribution is 2.21. The molecule has 0 unspecified atom stereocenters. The van der Waals surface area contributed by atoms with Crippen molar-refractivity contribution < 1.29 is 19.1 Å². The Labute approximate surface area is 170 Å². The van der Waals surface area contributed by atoms with Crippen LogP contribution in [-0.2, 0) is 20.7 Å². The second kappa shape index (κ2) is 9.87. The fourth-order valence-electron chi connectivity index (χ4n) is 3.50. The van der Waals surface area contributed by atoms with Crippen LogP contribution in [0.5, 0.6) is 0 Å². The molecule has 6 heteroatoms. The van der Waals surface area contributed by atoms with Crippen LogP contribution < -0.4 is 5.32 Å². The summed E-state index contributed by atoms with van der Waals surface area (Å²) in [6.45, 7) is 1.21. The summed E-state index contributed by atoms with van der Waals surface area (Å²) in [5, 5.41) is 2.89. The molecule has 0 aliphatic carbocycles. The highest BCUT2D eigenvalue weighted by atomic mass is 16.5. The number of rotatable bonds is 6. The highest BCUT2D eigenvalue weighted by Gasteiger charge is 2.27. The van der Waals surface area contributed by atoms with Crippen molar-refractivity contribution in [3.8, 4) is 0 Å². The fourth-order valence-corrected chi connectivity index (χ4v) is 3.50. The van der Waals surface area contributed by atoms with Gasteiger partial charge in [-0.3, -0.25) is 9.59 Å². The van der Waals surface area contributed by atoms with Crippen molar-refractivity contribution in [3.63, 3.8) is 0 Å². The first-order chi connectivity index (χ1) is 14.1. The van der Waals surface area contributed by atoms with E-state index in [0.717, 1.165) is 12.0 Å². The number of aryl methyl sites for hydroxylation is 1. The molecule has 1 N–H and O–H groups in total. The summed E-state index contributed by atoms with van der Waals surface area (Å²) in [6.07, 6.45) is 2.54. The Kier molecular flexibility index (Phi) is 7.00. The molecular formula is C23H26N2O4. The van der Waals surface area contributed by atoms with Gasteiger partial charge in [-0.2, -0.15) is 0 Å². The van der Waals surface area contributed by atoms with Gasteiger partial charge in [0.05, 0.1) is 12.7 Å². The number of carbonyl (C=O) groups is 3. The maximum atomic E-state index is 12.5. The van der Waals surface area contributed by atoms with Crippen molar-refractivity contribution in [2.75, 3.05) is 25.5 Å². The SMILES string of the molecule is COC(=O)c1ccc(NC(=O)C2CCN(C(=O)CCc3ccccc3)CC2)cc1. The van der Waals surface area contributed by atoms with E-state index < -0.39 is 5.97 Å². The second-order valence-electron chi connectivity index (χ2n) is 7.20. The van der Waals surface area contributed by atoms with Crippen LogP contribution >= 0.6 is 0 Å². The van der Waals surface area contributed by atoms with Crippen molar-refractivity contribution in [2.24, 2.45) is 5.92 Å². The van der Waals surface area contributed by atoms with E-state index in [-0.39, 0.29) is 17.7 Å². The number of hydrogen-bond acceptors (Lipinski definition) is 4. The van der Waals surface area contributed by atoms with Gasteiger partial charge in [0.1, 0.15) is 0 Å². The van der Waals surface area contributed by atoms with E-state index in [2.05, 4.69) is 10.1 Å². The summed E-state index contributed by atoms with van der Waals surface area (Å²) in [6, 6.07) is 16.6. The summed E-state index contributed by atoms with van der Waals surface area (Å²) < 4.78 is 4.67. The smallest absolute Gasteiger partial charge is 0.337 e. The third-order valence-corrected chi connectivity index (χ3v) is 5.26. The Morgan fingerprint density at radius 2 is 1.66 bits per heavy atom. The number of methoxy groups -OCH3 is 1. The zero-order chi connectivity index (χ0) is 20.6. The number of ether oxygens (including phenoxy) is 1. The van der Waals surface area contributed by atoms with Crippen LogP contribution in [0.25, 0.3) is 0 Å². The average molecular weight is 394 g/mol. The Bertz CT molecular complexity index is 841. The van der Waals surface area contributed by atoms with Gasteiger partial charge in [0.25, 0.3) is 0 Å². The largest absolute Gasteiger partial charge is 0.465 e. The van der Waals surface area contributed by atoms with E-state index in [0.29, 0.717) is 43.6 Å². The molecule has 0 spiro atoms. The maximum absolute atomic E-state index is 12.5. The van der Waals surface area contributed by atoms with Gasteiger partial charge in [0.2, 0.25) is 11.8 Å². The van der Waals surface area contributed by atoms with Crippen LogP contribution in [0.15, 0.2) is 54.6 Å². The summed E-state index contributed by atoms with van der Waals surface area (Å²) >= 11 is 0. The van der Waals surface area contributed by atoms with Crippen LogP contribution in [0.3, 0.4) is 0 Å². The van der Waals surface area contributed by atoms with E-state index in [9.17, 15) is 14.4 Å². The van der Waals surface area contributed by atoms with Crippen molar-refractivity contribution in [2.45, 2.75) is 25.7 Å². The predicted molar refractivity (Wildman–Crippen MR) is 110 cm³/mol. The first-order valence-corrected chi connectivity index (χ1v) is 9.88. The van der Waals surface area contributed by atoms with E-state index in [1.807, 2.05) is 35.2 Å². The van der Waals surface area contributed by atoms with Crippen molar-refractivity contribution in [1.82, 2.24) is 4.90 Å². The van der Waals surface area contributed by atoms with Gasteiger partial charge >= 0.3 is 5.97 Å². The molecule has 2 amide bonds. The van der Waals surface area contributed by atoms with Crippen LogP contribution in [-0.4, -0.2) is 42.9 Å². The molecule has 1 aliphatic rings. The van der Waals surface area contributed by atoms with Crippen LogP contribution in [0.2, 0.25) is 0 Å². The number of nitrogens with zero attached hydrogens (tertiary/aromatic N) is 1. The molecular weight excluding hydrogens is 368 g/mol. The number of nitrogens with one attached hydrogen (secondary N) is 1. The molecule has 0 saturated carbocycles. The summed E-state index contributed by atoms with van der Waals surface area (Å²) in [5.74, 6) is -0.432. The quantitative estimate of drug-likeness (QED) is 0.763. The molecule has 1 fully saturated rings. The minimum absolute atomic E-state index is 0.0489. The first-order valence-electron chi connectivity index (χ1n) is 9.88. The molecule has 3 rings (SSSR count). The number of amides is 2. The van der Waals surface area contributed by atoms with E-state index >= 15 is 0 Å². The van der Waals surface area contributed by atoms with E-state index in [1.165, 1.54) is 7.11 Å². The molecule has 2 aromatic rings. The number of esters is 1. The Morgan fingerprint density at radius 3 is 2.28 bits per heavy atom. The van der Waals surface area contributed by atoms with Crippen LogP contribution in [0.1, 0.15) is 35.2 Å². The van der Waals surface area contributed by atoms with Crippen molar-refractivity contribution in [3.05, 3.63) is 65.7 Å². The minimum Gasteiger partial charge on any atom is -0.465 e. The second-order valence-corrected chi connectivity index (χ2v) is 7.20. The summed E-state index contributed by atoms with van der Waals surface area (Å²) in [5.41, 5.74) is 2.24. The Balaban J connectivity index is 1.44. The summed E-state index contributed by atoms with van der Waals surface area (Å²) in [4.78, 5) is 38.3. The van der Waals surface area contributed by atoms with Crippen LogP contribution in [0.4, 0.5) is 5.69 Å². The van der Waals surface area contributed by atoms with E-state index in [4.69, 9.17) is 0 Å². The molecule has 1 heterocycles. The number of benzene rings is 2. The molecule has 0 aromatic heterocycles. The normalized spacial score (nSPS) is 14.3. The van der Waals surface area contributed by atoms with Gasteiger partial charge in [0.15, 0.2) is 0 Å². The van der Waals surface area contributed by atoms with Gasteiger partial charge in [-0.1, -0.05) is 30.3 Å². The molecule has 0 atom stereocenters. The molecule has 0 bridgehead atoms. The molecule has 152 valence electrons. The van der Waals surface area contributed by atoms with Gasteiger partial charge in [-0.15, -0.1) is 0 Å². The number of anilines is 1. The molecule has 2 aromatic carbocycles. The lowest BCUT2D eigenvalue weighted by Gasteiger charge is -2.31. The maximum Gasteiger partial charge on any atom is 0.337 e. The lowest BCUT2D eigenvalue weighted by atomic mass is 9.95. The third kappa shape index (κ3) is 5.67. The molecule has 1 saturated heterocycles. The highest BCUT2D eigenvalue weighted by molar-refractivity contribution is 5.94. The van der Waals surface area contributed by atoms with Gasteiger partial charge in [-0.25, -0.2) is 4.79 Å². The monoisotopic (exact) mass is 394 g/mol. The van der Waals surface area contributed by atoms with Crippen LogP contribution in [0, 0.1) is 5.92 Å². The number of hydrogen-bond donors (Lipinski definition) is 1. The lowest BCUT2D eigenvalue weighted by Crippen LogP contribution is -2.41. The van der Waals surface area contributed by atoms with Gasteiger partial charge in [0, 0.05) is 31.1 Å². The standard InChI is InChI=1S/C23H26N2O4/c1-29-23(28)19-8-10-20(11-9-19)24-22(27)18-13-15-25(16-14-18)21(26)12-7-17-5-3-2-4-6-17/h2-6,8-11,18H,7,12-16H2,1H3,(H,24,27). The third-order valence-electron chi connectivity index (χ3n) is 5.26. The number of piperidine rings is 1. The van der Waals surface area contributed by atoms with Crippen molar-refractivity contribution in [1.29, 1.82) is 0 Å². The number of likely N-dealkylation sites (tertiary alicyclic amines) is 1. The Hall–Kier alpha value is -3.15. The van der Waals surface area contributed by atoms with Crippen molar-refractivity contribution >= 4 is 23.5 Å². The first kappa shape index (κ1) is 20.6. The predicted octanol–water partition coefficient (Wildman–Crippen LogP) is 3.28.